The molecule has 0 aliphatic rings. The van der Waals surface area contributed by atoms with Gasteiger partial charge in [-0.3, -0.25) is 0 Å². The molecule has 0 fully saturated rings. The molecular formula is C28H27F5O3. The van der Waals surface area contributed by atoms with Crippen LogP contribution in [0.5, 0.6) is 5.75 Å². The number of ether oxygens (including phenoxy) is 1. The van der Waals surface area contributed by atoms with Gasteiger partial charge in [0.2, 0.25) is 0 Å². The van der Waals surface area contributed by atoms with E-state index in [9.17, 15) is 18.0 Å². The van der Waals surface area contributed by atoms with Gasteiger partial charge in [0, 0.05) is 5.56 Å². The van der Waals surface area contributed by atoms with Crippen molar-refractivity contribution in [2.45, 2.75) is 50.9 Å². The van der Waals surface area contributed by atoms with Crippen LogP contribution in [0.1, 0.15) is 49.5 Å². The quantitative estimate of drug-likeness (QED) is 0.142. The molecule has 0 N–H and O–H groups in total. The molecule has 3 rings (SSSR count). The van der Waals surface area contributed by atoms with E-state index in [0.717, 1.165) is 37.1 Å². The van der Waals surface area contributed by atoms with Gasteiger partial charge in [0.05, 0.1) is 6.61 Å². The molecule has 1 aromatic heterocycles. The van der Waals surface area contributed by atoms with Crippen LogP contribution in [-0.2, 0) is 18.3 Å². The Labute approximate surface area is 205 Å². The van der Waals surface area contributed by atoms with Crippen LogP contribution in [0.15, 0.2) is 76.5 Å². The van der Waals surface area contributed by atoms with E-state index in [-0.39, 0.29) is 17.7 Å². The second kappa shape index (κ2) is 11.5. The topological polar surface area (TPSA) is 39.4 Å². The SMILES string of the molecule is C=CCC/C=C/CCc1ccc(C(F)(F)C(F)(F)c2cc3ccc(OCCC)c(F)c3c(=O)o2)cc1. The van der Waals surface area contributed by atoms with Gasteiger partial charge in [0.25, 0.3) is 0 Å². The van der Waals surface area contributed by atoms with Crippen LogP contribution in [-0.4, -0.2) is 6.61 Å². The van der Waals surface area contributed by atoms with Crippen LogP contribution < -0.4 is 10.4 Å². The average molecular weight is 507 g/mol. The van der Waals surface area contributed by atoms with Gasteiger partial charge in [-0.2, -0.15) is 17.6 Å². The first kappa shape index (κ1) is 27.2. The Hall–Kier alpha value is -3.42. The molecule has 1 heterocycles. The van der Waals surface area contributed by atoms with Crippen LogP contribution in [0, 0.1) is 5.82 Å². The van der Waals surface area contributed by atoms with Crippen molar-refractivity contribution in [2.24, 2.45) is 0 Å². The van der Waals surface area contributed by atoms with E-state index >= 15 is 8.78 Å². The summed E-state index contributed by atoms with van der Waals surface area (Å²) >= 11 is 0. The molecule has 2 aromatic carbocycles. The lowest BCUT2D eigenvalue weighted by Crippen LogP contribution is -2.36. The number of unbranched alkanes of at least 4 members (excludes halogenated alkanes) is 1. The first-order valence-electron chi connectivity index (χ1n) is 11.6. The van der Waals surface area contributed by atoms with Crippen LogP contribution in [0.2, 0.25) is 0 Å². The van der Waals surface area contributed by atoms with E-state index in [1.807, 2.05) is 12.2 Å². The van der Waals surface area contributed by atoms with Crippen LogP contribution in [0.25, 0.3) is 10.8 Å². The summed E-state index contributed by atoms with van der Waals surface area (Å²) in [5, 5.41) is -0.941. The lowest BCUT2D eigenvalue weighted by Gasteiger charge is -2.26. The highest BCUT2D eigenvalue weighted by Gasteiger charge is 2.60. The van der Waals surface area contributed by atoms with Crippen molar-refractivity contribution in [3.63, 3.8) is 0 Å². The highest BCUT2D eigenvalue weighted by atomic mass is 19.3. The fourth-order valence-electron chi connectivity index (χ4n) is 3.62. The predicted molar refractivity (Wildman–Crippen MR) is 129 cm³/mol. The van der Waals surface area contributed by atoms with Gasteiger partial charge in [-0.1, -0.05) is 55.5 Å². The number of hydrogen-bond donors (Lipinski definition) is 0. The molecule has 192 valence electrons. The number of benzene rings is 2. The summed E-state index contributed by atoms with van der Waals surface area (Å²) in [5.74, 6) is -12.5. The van der Waals surface area contributed by atoms with Gasteiger partial charge in [-0.15, -0.1) is 6.58 Å². The molecular weight excluding hydrogens is 479 g/mol. The number of fused-ring (bicyclic) bond motifs is 1. The molecule has 0 bridgehead atoms. The summed E-state index contributed by atoms with van der Waals surface area (Å²) in [4.78, 5) is 12.3. The Kier molecular flexibility index (Phi) is 8.71. The second-order valence-electron chi connectivity index (χ2n) is 8.31. The minimum atomic E-state index is -4.87. The summed E-state index contributed by atoms with van der Waals surface area (Å²) < 4.78 is 84.3. The predicted octanol–water partition coefficient (Wildman–Crippen LogP) is 8.06. The van der Waals surface area contributed by atoms with Crippen molar-refractivity contribution in [3.8, 4) is 5.75 Å². The number of hydrogen-bond acceptors (Lipinski definition) is 3. The van der Waals surface area contributed by atoms with Crippen molar-refractivity contribution in [1.29, 1.82) is 0 Å². The summed E-state index contributed by atoms with van der Waals surface area (Å²) in [5.41, 5.74) is -1.72. The van der Waals surface area contributed by atoms with Crippen LogP contribution >= 0.6 is 0 Å². The molecule has 0 saturated carbocycles. The Balaban J connectivity index is 1.85. The molecule has 0 aliphatic heterocycles. The van der Waals surface area contributed by atoms with Crippen LogP contribution in [0.3, 0.4) is 0 Å². The zero-order chi connectivity index (χ0) is 26.3. The zero-order valence-corrected chi connectivity index (χ0v) is 19.8. The highest BCUT2D eigenvalue weighted by Crippen LogP contribution is 2.49. The summed E-state index contributed by atoms with van der Waals surface area (Å²) in [6.07, 6.45) is 9.27. The molecule has 0 aliphatic carbocycles. The van der Waals surface area contributed by atoms with Gasteiger partial charge in [-0.25, -0.2) is 9.18 Å². The molecule has 0 saturated heterocycles. The third-order valence-electron chi connectivity index (χ3n) is 5.62. The van der Waals surface area contributed by atoms with E-state index in [1.165, 1.54) is 12.1 Å². The molecule has 8 heteroatoms. The third-order valence-corrected chi connectivity index (χ3v) is 5.62. The maximum Gasteiger partial charge on any atom is 0.371 e. The first-order valence-corrected chi connectivity index (χ1v) is 11.6. The summed E-state index contributed by atoms with van der Waals surface area (Å²) in [6.45, 7) is 5.59. The van der Waals surface area contributed by atoms with Crippen molar-refractivity contribution < 1.29 is 31.1 Å². The number of allylic oxidation sites excluding steroid dienone is 3. The Morgan fingerprint density at radius 3 is 2.33 bits per heavy atom. The monoisotopic (exact) mass is 506 g/mol. The zero-order valence-electron chi connectivity index (χ0n) is 19.8. The highest BCUT2D eigenvalue weighted by molar-refractivity contribution is 5.83. The molecule has 3 aromatic rings. The second-order valence-corrected chi connectivity index (χ2v) is 8.31. The minimum Gasteiger partial charge on any atom is -0.491 e. The fraction of sp³-hybridized carbons (Fsp3) is 0.321. The Morgan fingerprint density at radius 1 is 0.972 bits per heavy atom. The first-order chi connectivity index (χ1) is 17.1. The van der Waals surface area contributed by atoms with E-state index in [1.54, 1.807) is 13.0 Å². The average Bonchev–Trinajstić information content (AvgIpc) is 2.85. The third kappa shape index (κ3) is 5.69. The van der Waals surface area contributed by atoms with E-state index in [0.29, 0.717) is 30.9 Å². The van der Waals surface area contributed by atoms with Crippen molar-refractivity contribution in [2.75, 3.05) is 6.61 Å². The van der Waals surface area contributed by atoms with E-state index in [2.05, 4.69) is 11.0 Å². The minimum absolute atomic E-state index is 0.168. The van der Waals surface area contributed by atoms with Gasteiger partial charge in [-0.05, 0) is 55.2 Å². The van der Waals surface area contributed by atoms with Gasteiger partial charge < -0.3 is 9.15 Å². The summed E-state index contributed by atoms with van der Waals surface area (Å²) in [7, 11) is 0. The van der Waals surface area contributed by atoms with Crippen molar-refractivity contribution in [1.82, 2.24) is 0 Å². The smallest absolute Gasteiger partial charge is 0.371 e. The van der Waals surface area contributed by atoms with Crippen LogP contribution in [0.4, 0.5) is 22.0 Å². The number of aryl methyl sites for hydroxylation is 1. The normalized spacial score (nSPS) is 12.4. The molecule has 0 amide bonds. The molecule has 0 spiro atoms. The van der Waals surface area contributed by atoms with Crippen molar-refractivity contribution in [3.05, 3.63) is 100 Å². The standard InChI is InChI=1S/C28H27F5O3/c1-3-5-6-7-8-9-10-19-11-14-21(15-12-19)27(30,31)28(32,33)23-18-20-13-16-22(35-17-4-2)25(29)24(20)26(34)36-23/h3,7-8,11-16,18H,1,4-6,9-10,17H2,2H3/b8-7+. The number of alkyl halides is 4. The lowest BCUT2D eigenvalue weighted by molar-refractivity contribution is -0.233. The lowest BCUT2D eigenvalue weighted by atomic mass is 9.97. The van der Waals surface area contributed by atoms with Gasteiger partial charge >= 0.3 is 17.5 Å². The molecule has 0 atom stereocenters. The van der Waals surface area contributed by atoms with Gasteiger partial charge in [0.15, 0.2) is 17.3 Å². The Morgan fingerprint density at radius 2 is 1.67 bits per heavy atom. The molecule has 3 nitrogen and oxygen atoms in total. The summed E-state index contributed by atoms with van der Waals surface area (Å²) in [6, 6.07) is 7.45. The van der Waals surface area contributed by atoms with Crippen molar-refractivity contribution >= 4 is 10.8 Å². The molecule has 0 radical (unpaired) electrons. The van der Waals surface area contributed by atoms with E-state index in [4.69, 9.17) is 4.74 Å². The molecule has 36 heavy (non-hydrogen) atoms. The number of rotatable bonds is 12. The molecule has 0 unspecified atom stereocenters. The van der Waals surface area contributed by atoms with E-state index < -0.39 is 40.0 Å². The Bertz CT molecular complexity index is 1280. The fourth-order valence-corrected chi connectivity index (χ4v) is 3.62. The van der Waals surface area contributed by atoms with Gasteiger partial charge in [0.1, 0.15) is 5.39 Å². The maximum absolute atomic E-state index is 15.0. The largest absolute Gasteiger partial charge is 0.491 e. The number of halogens is 5. The maximum atomic E-state index is 15.0.